The predicted molar refractivity (Wildman–Crippen MR) is 58.4 cm³/mol. The molecular formula is C10H15F3N2S. The Kier molecular flexibility index (Phi) is 4.73. The maximum atomic E-state index is 12.3. The number of nitrogens with zero attached hydrogens (tertiary/aromatic N) is 1. The van der Waals surface area contributed by atoms with Crippen molar-refractivity contribution in [3.8, 4) is 0 Å². The number of unbranched alkanes of at least 4 members (excludes halogenated alkanes) is 1. The van der Waals surface area contributed by atoms with E-state index in [1.54, 1.807) is 7.05 Å². The molecule has 2 nitrogen and oxygen atoms in total. The normalized spacial score (nSPS) is 14.1. The average molecular weight is 252 g/mol. The summed E-state index contributed by atoms with van der Waals surface area (Å²) in [5.74, 6) is 0. The summed E-state index contributed by atoms with van der Waals surface area (Å²) < 4.78 is 37.0. The smallest absolute Gasteiger partial charge is 0.312 e. The molecule has 0 aliphatic heterocycles. The molecule has 0 bridgehead atoms. The van der Waals surface area contributed by atoms with Crippen molar-refractivity contribution in [1.29, 1.82) is 0 Å². The second-order valence-electron chi connectivity index (χ2n) is 3.55. The fourth-order valence-electron chi connectivity index (χ4n) is 1.42. The molecule has 0 saturated heterocycles. The van der Waals surface area contributed by atoms with Crippen molar-refractivity contribution < 1.29 is 13.2 Å². The van der Waals surface area contributed by atoms with Gasteiger partial charge in [0.2, 0.25) is 0 Å². The van der Waals surface area contributed by atoms with Crippen LogP contribution in [0.4, 0.5) is 13.2 Å². The molecule has 0 fully saturated rings. The van der Waals surface area contributed by atoms with Crippen LogP contribution in [0.15, 0.2) is 6.20 Å². The van der Waals surface area contributed by atoms with Gasteiger partial charge in [-0.3, -0.25) is 0 Å². The van der Waals surface area contributed by atoms with Crippen LogP contribution in [0.25, 0.3) is 0 Å². The third-order valence-electron chi connectivity index (χ3n) is 2.30. The molecule has 1 atom stereocenters. The lowest BCUT2D eigenvalue weighted by Crippen LogP contribution is -2.14. The van der Waals surface area contributed by atoms with Gasteiger partial charge in [0, 0.05) is 17.1 Å². The summed E-state index contributed by atoms with van der Waals surface area (Å²) in [5, 5.41) is 2.26. The topological polar surface area (TPSA) is 24.9 Å². The highest BCUT2D eigenvalue weighted by molar-refractivity contribution is 7.11. The minimum absolute atomic E-state index is 0.0199. The van der Waals surface area contributed by atoms with Gasteiger partial charge in [-0.15, -0.1) is 11.3 Å². The third kappa shape index (κ3) is 3.45. The van der Waals surface area contributed by atoms with Crippen molar-refractivity contribution in [2.75, 3.05) is 7.05 Å². The highest BCUT2D eigenvalue weighted by Gasteiger charge is 2.35. The Morgan fingerprint density at radius 2 is 2.19 bits per heavy atom. The van der Waals surface area contributed by atoms with Gasteiger partial charge in [-0.25, -0.2) is 4.98 Å². The van der Waals surface area contributed by atoms with Gasteiger partial charge in [0.1, 0.15) is 0 Å². The molecule has 1 aromatic rings. The van der Waals surface area contributed by atoms with E-state index in [1.807, 2.05) is 0 Å². The summed E-state index contributed by atoms with van der Waals surface area (Å²) in [7, 11) is 1.76. The lowest BCUT2D eigenvalue weighted by atomic mass is 10.1. The van der Waals surface area contributed by atoms with Gasteiger partial charge in [-0.05, 0) is 13.5 Å². The second-order valence-corrected chi connectivity index (χ2v) is 4.61. The summed E-state index contributed by atoms with van der Waals surface area (Å²) in [6.07, 6.45) is -0.142. The van der Waals surface area contributed by atoms with E-state index in [0.717, 1.165) is 30.6 Å². The summed E-state index contributed by atoms with van der Waals surface area (Å²) in [5.41, 5.74) is 0. The van der Waals surface area contributed by atoms with Crippen molar-refractivity contribution in [3.63, 3.8) is 0 Å². The Morgan fingerprint density at radius 3 is 2.62 bits per heavy atom. The number of alkyl halides is 3. The Balaban J connectivity index is 2.75. The predicted octanol–water partition coefficient (Wildman–Crippen LogP) is 3.61. The zero-order chi connectivity index (χ0) is 12.2. The van der Waals surface area contributed by atoms with E-state index in [2.05, 4.69) is 17.2 Å². The molecule has 1 N–H and O–H groups in total. The Hall–Kier alpha value is -0.620. The van der Waals surface area contributed by atoms with E-state index in [-0.39, 0.29) is 6.04 Å². The van der Waals surface area contributed by atoms with Crippen molar-refractivity contribution >= 4 is 11.3 Å². The number of halogens is 3. The summed E-state index contributed by atoms with van der Waals surface area (Å²) in [6.45, 7) is 2.06. The molecule has 0 spiro atoms. The molecule has 16 heavy (non-hydrogen) atoms. The van der Waals surface area contributed by atoms with Crippen LogP contribution in [0.1, 0.15) is 42.1 Å². The van der Waals surface area contributed by atoms with Crippen LogP contribution in [0.5, 0.6) is 0 Å². The van der Waals surface area contributed by atoms with Gasteiger partial charge in [-0.2, -0.15) is 13.2 Å². The van der Waals surface area contributed by atoms with Crippen LogP contribution in [0.2, 0.25) is 0 Å². The molecule has 0 aliphatic rings. The van der Waals surface area contributed by atoms with E-state index in [9.17, 15) is 13.2 Å². The first-order chi connectivity index (χ1) is 7.49. The van der Waals surface area contributed by atoms with Crippen molar-refractivity contribution in [2.24, 2.45) is 0 Å². The van der Waals surface area contributed by atoms with E-state index >= 15 is 0 Å². The van der Waals surface area contributed by atoms with E-state index in [0.29, 0.717) is 4.88 Å². The molecule has 92 valence electrons. The van der Waals surface area contributed by atoms with Crippen LogP contribution >= 0.6 is 11.3 Å². The first kappa shape index (κ1) is 13.4. The zero-order valence-corrected chi connectivity index (χ0v) is 10.1. The summed E-state index contributed by atoms with van der Waals surface area (Å²) >= 11 is 0.724. The molecule has 1 heterocycles. The summed E-state index contributed by atoms with van der Waals surface area (Å²) in [6, 6.07) is -0.0199. The zero-order valence-electron chi connectivity index (χ0n) is 9.27. The van der Waals surface area contributed by atoms with Crippen molar-refractivity contribution in [3.05, 3.63) is 16.1 Å². The second kappa shape index (κ2) is 5.63. The number of hydrogen-bond acceptors (Lipinski definition) is 3. The highest BCUT2D eigenvalue weighted by atomic mass is 32.1. The molecule has 0 amide bonds. The first-order valence-corrected chi connectivity index (χ1v) is 6.00. The molecule has 1 rings (SSSR count). The van der Waals surface area contributed by atoms with Crippen LogP contribution in [0.3, 0.4) is 0 Å². The quantitative estimate of drug-likeness (QED) is 0.865. The van der Waals surface area contributed by atoms with Crippen molar-refractivity contribution in [2.45, 2.75) is 38.4 Å². The van der Waals surface area contributed by atoms with E-state index < -0.39 is 11.2 Å². The van der Waals surface area contributed by atoms with E-state index in [4.69, 9.17) is 0 Å². The van der Waals surface area contributed by atoms with Crippen LogP contribution in [0, 0.1) is 0 Å². The molecule has 0 radical (unpaired) electrons. The molecule has 6 heteroatoms. The van der Waals surface area contributed by atoms with Gasteiger partial charge in [-0.1, -0.05) is 19.8 Å². The largest absolute Gasteiger partial charge is 0.443 e. The third-order valence-corrected chi connectivity index (χ3v) is 3.46. The lowest BCUT2D eigenvalue weighted by molar-refractivity contribution is -0.137. The number of hydrogen-bond donors (Lipinski definition) is 1. The number of aromatic nitrogens is 1. The Labute approximate surface area is 96.9 Å². The molecule has 1 unspecified atom stereocenters. The lowest BCUT2D eigenvalue weighted by Gasteiger charge is -2.12. The Morgan fingerprint density at radius 1 is 1.50 bits per heavy atom. The minimum Gasteiger partial charge on any atom is -0.312 e. The van der Waals surface area contributed by atoms with Gasteiger partial charge >= 0.3 is 6.18 Å². The molecule has 0 aromatic carbocycles. The number of rotatable bonds is 5. The standard InChI is InChI=1S/C10H15F3N2S/c1-3-4-5-7(14-2)8-6-15-9(16-8)10(11,12)13/h6-7,14H,3-5H2,1-2H3. The monoisotopic (exact) mass is 252 g/mol. The highest BCUT2D eigenvalue weighted by Crippen LogP contribution is 2.35. The van der Waals surface area contributed by atoms with Crippen LogP contribution in [-0.4, -0.2) is 12.0 Å². The fourth-order valence-corrected chi connectivity index (χ4v) is 2.34. The van der Waals surface area contributed by atoms with E-state index in [1.165, 1.54) is 6.20 Å². The molecule has 0 aliphatic carbocycles. The molecule has 1 aromatic heterocycles. The molecule has 0 saturated carbocycles. The number of thiazole rings is 1. The van der Waals surface area contributed by atoms with Crippen molar-refractivity contribution in [1.82, 2.24) is 10.3 Å². The van der Waals surface area contributed by atoms with Gasteiger partial charge in [0.25, 0.3) is 0 Å². The molecular weight excluding hydrogens is 237 g/mol. The summed E-state index contributed by atoms with van der Waals surface area (Å²) in [4.78, 5) is 4.07. The maximum Gasteiger partial charge on any atom is 0.443 e. The average Bonchev–Trinajstić information content (AvgIpc) is 2.68. The van der Waals surface area contributed by atoms with Crippen LogP contribution < -0.4 is 5.32 Å². The van der Waals surface area contributed by atoms with Gasteiger partial charge in [0.05, 0.1) is 0 Å². The number of nitrogens with one attached hydrogen (secondary N) is 1. The SMILES string of the molecule is CCCCC(NC)c1cnc(C(F)(F)F)s1. The first-order valence-electron chi connectivity index (χ1n) is 5.19. The van der Waals surface area contributed by atoms with Crippen LogP contribution in [-0.2, 0) is 6.18 Å². The minimum atomic E-state index is -4.33. The van der Waals surface area contributed by atoms with Gasteiger partial charge in [0.15, 0.2) is 5.01 Å². The Bertz CT molecular complexity index is 322. The maximum absolute atomic E-state index is 12.3. The van der Waals surface area contributed by atoms with Gasteiger partial charge < -0.3 is 5.32 Å². The fraction of sp³-hybridized carbons (Fsp3) is 0.700.